The first-order chi connectivity index (χ1) is 36.5. The molecular weight excluding hydrogens is 1210 g/mol. The summed E-state index contributed by atoms with van der Waals surface area (Å²) in [5.74, 6) is -16.3. The SMILES string of the molecule is CCCCCCCCCCCCCCCC=CCC(O)(C(=O)O)C(F)(F)F.O=C(O)CCC(=O)c1cccc(Br)c1.O=C(O)c1c(F)c(F)cc(F)c1F.O=C(O)c1cc(F)c(Br)cc1Cl.O=Cc1cccc(C(=O)O)c1O. The van der Waals surface area contributed by atoms with E-state index in [0.717, 1.165) is 35.9 Å². The molecule has 0 aliphatic heterocycles. The molecule has 0 radical (unpaired) electrons. The maximum absolute atomic E-state index is 12.8. The smallest absolute Gasteiger partial charge is 0.428 e. The van der Waals surface area contributed by atoms with Crippen LogP contribution in [0.3, 0.4) is 0 Å². The molecule has 430 valence electrons. The van der Waals surface area contributed by atoms with Crippen molar-refractivity contribution < 1.29 is 104 Å². The van der Waals surface area contributed by atoms with Gasteiger partial charge in [0.2, 0.25) is 0 Å². The van der Waals surface area contributed by atoms with E-state index in [-0.39, 0.29) is 50.9 Å². The van der Waals surface area contributed by atoms with Gasteiger partial charge in [0, 0.05) is 28.9 Å². The molecule has 1 unspecified atom stereocenters. The number of aliphatic hydroxyl groups is 1. The van der Waals surface area contributed by atoms with Crippen molar-refractivity contribution in [3.63, 3.8) is 0 Å². The largest absolute Gasteiger partial charge is 0.506 e. The molecule has 0 bridgehead atoms. The Bertz CT molecular complexity index is 2630. The van der Waals surface area contributed by atoms with E-state index < -0.39 is 88.4 Å². The maximum Gasteiger partial charge on any atom is 0.428 e. The highest BCUT2D eigenvalue weighted by Crippen LogP contribution is 2.34. The number of alkyl halides is 3. The molecule has 0 heterocycles. The molecule has 1 atom stereocenters. The summed E-state index contributed by atoms with van der Waals surface area (Å²) in [6.45, 7) is 2.23. The first-order valence-electron chi connectivity index (χ1n) is 23.6. The number of aromatic carboxylic acids is 3. The second-order valence-corrected chi connectivity index (χ2v) is 18.7. The van der Waals surface area contributed by atoms with Crippen molar-refractivity contribution in [3.8, 4) is 5.75 Å². The van der Waals surface area contributed by atoms with E-state index in [2.05, 4.69) is 38.8 Å². The summed E-state index contributed by atoms with van der Waals surface area (Å²) < 4.78 is 101. The van der Waals surface area contributed by atoms with Crippen LogP contribution in [0.2, 0.25) is 5.02 Å². The minimum absolute atomic E-state index is 0.00998. The Morgan fingerprint density at radius 3 is 1.55 bits per heavy atom. The van der Waals surface area contributed by atoms with Crippen LogP contribution >= 0.6 is 43.5 Å². The van der Waals surface area contributed by atoms with Gasteiger partial charge < -0.3 is 35.7 Å². The first kappa shape index (κ1) is 71.8. The Labute approximate surface area is 465 Å². The normalized spacial score (nSPS) is 11.4. The third-order valence-electron chi connectivity index (χ3n) is 10.6. The van der Waals surface area contributed by atoms with Gasteiger partial charge in [-0.25, -0.2) is 41.1 Å². The number of allylic oxidation sites excluding steroid dienone is 1. The number of carboxylic acids is 5. The van der Waals surface area contributed by atoms with Gasteiger partial charge in [-0.15, -0.1) is 0 Å². The Hall–Kier alpha value is -6.24. The number of halogens is 11. The molecule has 0 amide bonds. The van der Waals surface area contributed by atoms with Crippen molar-refractivity contribution in [2.24, 2.45) is 0 Å². The minimum Gasteiger partial charge on any atom is -0.506 e. The van der Waals surface area contributed by atoms with Crippen LogP contribution < -0.4 is 0 Å². The number of aliphatic carboxylic acids is 2. The van der Waals surface area contributed by atoms with Crippen LogP contribution in [-0.2, 0) is 9.59 Å². The molecule has 0 aliphatic carbocycles. The second kappa shape index (κ2) is 37.6. The monoisotopic (exact) mass is 1260 g/mol. The number of aromatic hydroxyl groups is 1. The average molecular weight is 1270 g/mol. The van der Waals surface area contributed by atoms with E-state index in [1.807, 2.05) is 6.07 Å². The molecule has 0 aliphatic rings. The van der Waals surface area contributed by atoms with Gasteiger partial charge in [0.1, 0.15) is 22.7 Å². The predicted octanol–water partition coefficient (Wildman–Crippen LogP) is 15.1. The van der Waals surface area contributed by atoms with E-state index in [9.17, 15) is 73.8 Å². The number of benzene rings is 4. The third-order valence-corrected chi connectivity index (χ3v) is 12.0. The predicted molar refractivity (Wildman–Crippen MR) is 278 cm³/mol. The summed E-state index contributed by atoms with van der Waals surface area (Å²) in [5.41, 5.74) is -5.30. The summed E-state index contributed by atoms with van der Waals surface area (Å²) in [4.78, 5) is 73.5. The van der Waals surface area contributed by atoms with Gasteiger partial charge in [-0.05, 0) is 65.2 Å². The molecular formula is C53H57Br2ClF8O14. The quantitative estimate of drug-likeness (QED) is 0.00813. The lowest BCUT2D eigenvalue weighted by Gasteiger charge is -2.24. The lowest BCUT2D eigenvalue weighted by molar-refractivity contribution is -0.258. The Morgan fingerprint density at radius 2 is 1.12 bits per heavy atom. The molecule has 0 fully saturated rings. The molecule has 7 N–H and O–H groups in total. The highest BCUT2D eigenvalue weighted by molar-refractivity contribution is 9.10. The van der Waals surface area contributed by atoms with Crippen molar-refractivity contribution in [2.45, 2.75) is 128 Å². The number of unbranched alkanes of at least 4 members (excludes halogenated alkanes) is 13. The fourth-order valence-corrected chi connectivity index (χ4v) is 7.40. The van der Waals surface area contributed by atoms with E-state index in [1.54, 1.807) is 18.2 Å². The summed E-state index contributed by atoms with van der Waals surface area (Å²) in [5, 5.41) is 60.6. The molecule has 14 nitrogen and oxygen atoms in total. The molecule has 4 aromatic rings. The van der Waals surface area contributed by atoms with Crippen LogP contribution in [0.4, 0.5) is 35.1 Å². The highest BCUT2D eigenvalue weighted by Gasteiger charge is 2.59. The van der Waals surface area contributed by atoms with Crippen LogP contribution in [0.1, 0.15) is 168 Å². The lowest BCUT2D eigenvalue weighted by atomic mass is 9.98. The van der Waals surface area contributed by atoms with E-state index in [0.29, 0.717) is 18.3 Å². The minimum atomic E-state index is -5.18. The molecule has 0 saturated carbocycles. The molecule has 4 rings (SSSR count). The zero-order valence-corrected chi connectivity index (χ0v) is 45.6. The van der Waals surface area contributed by atoms with Crippen molar-refractivity contribution in [1.82, 2.24) is 0 Å². The number of para-hydroxylation sites is 1. The van der Waals surface area contributed by atoms with Gasteiger partial charge in [-0.1, -0.05) is 142 Å². The number of carbonyl (C=O) groups is 7. The van der Waals surface area contributed by atoms with Crippen molar-refractivity contribution in [2.75, 3.05) is 0 Å². The highest BCUT2D eigenvalue weighted by atomic mass is 79.9. The molecule has 0 aromatic heterocycles. The summed E-state index contributed by atoms with van der Waals surface area (Å²) >= 11 is 11.6. The topological polar surface area (TPSA) is 261 Å². The average Bonchev–Trinajstić information content (AvgIpc) is 3.36. The van der Waals surface area contributed by atoms with Crippen molar-refractivity contribution in [1.29, 1.82) is 0 Å². The molecule has 0 spiro atoms. The number of rotatable bonds is 25. The summed E-state index contributed by atoms with van der Waals surface area (Å²) in [6.07, 6.45) is 13.5. The number of hydrogen-bond donors (Lipinski definition) is 7. The Kier molecular flexibility index (Phi) is 34.5. The van der Waals surface area contributed by atoms with Gasteiger partial charge in [-0.2, -0.15) is 13.2 Å². The fraction of sp³-hybridized carbons (Fsp3) is 0.377. The number of carbonyl (C=O) groups excluding carboxylic acids is 2. The number of aldehydes is 1. The van der Waals surface area contributed by atoms with Crippen molar-refractivity contribution >= 4 is 85.4 Å². The van der Waals surface area contributed by atoms with Gasteiger partial charge in [-0.3, -0.25) is 14.4 Å². The number of hydrogen-bond acceptors (Lipinski definition) is 9. The van der Waals surface area contributed by atoms with Crippen LogP contribution in [-0.4, -0.2) is 89.4 Å². The van der Waals surface area contributed by atoms with Gasteiger partial charge >= 0.3 is 36.0 Å². The molecule has 4 aromatic carbocycles. The second-order valence-electron chi connectivity index (χ2n) is 16.6. The van der Waals surface area contributed by atoms with Gasteiger partial charge in [0.25, 0.3) is 5.60 Å². The van der Waals surface area contributed by atoms with Gasteiger partial charge in [0.05, 0.1) is 27.0 Å². The Balaban J connectivity index is 0.000000995. The summed E-state index contributed by atoms with van der Waals surface area (Å²) in [7, 11) is 0. The molecule has 0 saturated heterocycles. The van der Waals surface area contributed by atoms with Gasteiger partial charge in [0.15, 0.2) is 35.3 Å². The van der Waals surface area contributed by atoms with Crippen LogP contribution in [0, 0.1) is 29.1 Å². The standard InChI is InChI=1S/C21H37F3O3.C10H9BrO3.C8H6O4.C7H3BrClFO2.C7H2F4O2/c1-2-3-4-5-6-7-8-9-10-11-12-13-14-15-16-17-18-20(27,19(25)26)21(22,23)24;11-8-3-1-2-7(6-8)9(12)4-5-10(13)14;9-4-5-2-1-3-6(7(5)10)8(11)12;8-4-2-5(9)3(7(11)12)1-6(4)10;8-2-1-3(9)6(11)4(5(2)10)7(12)13/h16-17,27H,2-15,18H2,1H3,(H,25,26);1-3,6H,4-5H2,(H,13,14);1-4,10H,(H,11,12);1-2H,(H,11,12);1H,(H,12,13). The number of ketones is 1. The lowest BCUT2D eigenvalue weighted by Crippen LogP contribution is -2.51. The number of carboxylic acid groups (broad SMARTS) is 5. The molecule has 78 heavy (non-hydrogen) atoms. The van der Waals surface area contributed by atoms with E-state index in [1.165, 1.54) is 94.5 Å². The first-order valence-corrected chi connectivity index (χ1v) is 25.6. The van der Waals surface area contributed by atoms with Crippen LogP contribution in [0.5, 0.6) is 5.75 Å². The van der Waals surface area contributed by atoms with E-state index in [4.69, 9.17) is 42.2 Å². The van der Waals surface area contributed by atoms with Crippen molar-refractivity contribution in [3.05, 3.63) is 144 Å². The zero-order chi connectivity index (χ0) is 59.8. The zero-order valence-electron chi connectivity index (χ0n) is 41.7. The van der Waals surface area contributed by atoms with Crippen LogP contribution in [0.15, 0.2) is 81.8 Å². The van der Waals surface area contributed by atoms with E-state index >= 15 is 0 Å². The number of Topliss-reactive ketones (excluding diaryl/α,β-unsaturated/α-hetero) is 1. The maximum atomic E-state index is 12.8. The fourth-order valence-electron chi connectivity index (χ4n) is 6.28. The van der Waals surface area contributed by atoms with Crippen LogP contribution in [0.25, 0.3) is 0 Å². The third kappa shape index (κ3) is 26.9. The Morgan fingerprint density at radius 1 is 0.615 bits per heavy atom. The molecule has 25 heteroatoms. The summed E-state index contributed by atoms with van der Waals surface area (Å²) in [6, 6.07) is 12.9. The number of phenols is 1.